The maximum Gasteiger partial charge on any atom is 0.220 e. The number of allylic oxidation sites excluding steroid dienone is 3. The van der Waals surface area contributed by atoms with E-state index in [0.29, 0.717) is 12.8 Å². The highest BCUT2D eigenvalue weighted by molar-refractivity contribution is 5.76. The van der Waals surface area contributed by atoms with E-state index >= 15 is 0 Å². The molecule has 0 aliphatic carbocycles. The predicted octanol–water partition coefficient (Wildman–Crippen LogP) is 1.09. The number of aliphatic hydroxyl groups excluding tert-OH is 8. The van der Waals surface area contributed by atoms with Crippen LogP contribution in [0.15, 0.2) is 24.3 Å². The summed E-state index contributed by atoms with van der Waals surface area (Å²) < 4.78 is 22.4. The van der Waals surface area contributed by atoms with E-state index in [1.807, 2.05) is 6.08 Å². The second kappa shape index (κ2) is 25.4. The van der Waals surface area contributed by atoms with Crippen LogP contribution in [0.3, 0.4) is 0 Å². The standard InChI is InChI=1S/C36H65NO13/c1-3-5-7-9-11-12-14-15-17-19-25(40)24(37-28(41)20-18-16-13-10-8-6-4-2)23-47-35-33(46)31(44)34(27(22-39)49-35)50-36-32(45)30(43)29(42)26(21-38)48-36/h11-12,17,19,24-27,29-36,38-40,42-46H,3-10,13-16,18,20-23H2,1-2H3,(H,37,41)/b12-11+,19-17+. The minimum Gasteiger partial charge on any atom is -0.394 e. The molecular weight excluding hydrogens is 654 g/mol. The Balaban J connectivity index is 2.02. The Morgan fingerprint density at radius 3 is 1.96 bits per heavy atom. The van der Waals surface area contributed by atoms with Crippen molar-refractivity contribution in [2.45, 2.75) is 177 Å². The van der Waals surface area contributed by atoms with Gasteiger partial charge in [0.15, 0.2) is 12.6 Å². The van der Waals surface area contributed by atoms with Crippen molar-refractivity contribution < 1.29 is 64.6 Å². The molecule has 50 heavy (non-hydrogen) atoms. The average Bonchev–Trinajstić information content (AvgIpc) is 3.11. The van der Waals surface area contributed by atoms with E-state index < -0.39 is 86.8 Å². The molecule has 14 heteroatoms. The minimum absolute atomic E-state index is 0.263. The van der Waals surface area contributed by atoms with Crippen LogP contribution in [0.1, 0.15) is 104 Å². The van der Waals surface area contributed by atoms with Crippen molar-refractivity contribution in [2.24, 2.45) is 0 Å². The molecule has 2 fully saturated rings. The number of carbonyl (C=O) groups excluding carboxylic acids is 1. The maximum absolute atomic E-state index is 12.9. The van der Waals surface area contributed by atoms with Gasteiger partial charge in [0.2, 0.25) is 5.91 Å². The van der Waals surface area contributed by atoms with Crippen LogP contribution in [0.2, 0.25) is 0 Å². The van der Waals surface area contributed by atoms with Gasteiger partial charge in [-0.3, -0.25) is 4.79 Å². The molecule has 1 amide bonds. The molecule has 12 unspecified atom stereocenters. The highest BCUT2D eigenvalue weighted by Crippen LogP contribution is 2.29. The first-order chi connectivity index (χ1) is 24.1. The Bertz CT molecular complexity index is 951. The van der Waals surface area contributed by atoms with E-state index in [1.54, 1.807) is 6.08 Å². The third kappa shape index (κ3) is 15.2. The molecule has 0 radical (unpaired) electrons. The first-order valence-corrected chi connectivity index (χ1v) is 18.6. The Labute approximate surface area is 297 Å². The maximum atomic E-state index is 12.9. The van der Waals surface area contributed by atoms with Gasteiger partial charge >= 0.3 is 0 Å². The van der Waals surface area contributed by atoms with Crippen LogP contribution < -0.4 is 5.32 Å². The lowest BCUT2D eigenvalue weighted by atomic mass is 9.97. The number of nitrogens with one attached hydrogen (secondary N) is 1. The molecule has 0 spiro atoms. The van der Waals surface area contributed by atoms with Gasteiger partial charge in [0.05, 0.1) is 32.0 Å². The number of hydrogen-bond acceptors (Lipinski definition) is 13. The number of aliphatic hydroxyl groups is 8. The Morgan fingerprint density at radius 1 is 0.700 bits per heavy atom. The number of hydrogen-bond donors (Lipinski definition) is 9. The molecule has 2 aliphatic heterocycles. The summed E-state index contributed by atoms with van der Waals surface area (Å²) in [5.41, 5.74) is 0. The van der Waals surface area contributed by atoms with E-state index in [-0.39, 0.29) is 18.9 Å². The van der Waals surface area contributed by atoms with Crippen LogP contribution in [0.4, 0.5) is 0 Å². The monoisotopic (exact) mass is 719 g/mol. The number of ether oxygens (including phenoxy) is 4. The van der Waals surface area contributed by atoms with Crippen molar-refractivity contribution in [1.82, 2.24) is 5.32 Å². The van der Waals surface area contributed by atoms with Gasteiger partial charge in [-0.1, -0.05) is 89.5 Å². The lowest BCUT2D eigenvalue weighted by Gasteiger charge is -2.46. The second-order valence-corrected chi connectivity index (χ2v) is 13.3. The fraction of sp³-hybridized carbons (Fsp3) is 0.861. The summed E-state index contributed by atoms with van der Waals surface area (Å²) in [5.74, 6) is -0.263. The molecule has 2 rings (SSSR count). The molecule has 292 valence electrons. The van der Waals surface area contributed by atoms with Crippen molar-refractivity contribution >= 4 is 5.91 Å². The number of carbonyl (C=O) groups is 1. The highest BCUT2D eigenvalue weighted by atomic mass is 16.7. The summed E-state index contributed by atoms with van der Waals surface area (Å²) >= 11 is 0. The third-order valence-corrected chi connectivity index (χ3v) is 9.14. The molecule has 2 saturated heterocycles. The zero-order chi connectivity index (χ0) is 36.9. The molecule has 2 aliphatic rings. The van der Waals surface area contributed by atoms with Crippen molar-refractivity contribution in [3.05, 3.63) is 24.3 Å². The van der Waals surface area contributed by atoms with E-state index in [4.69, 9.17) is 18.9 Å². The van der Waals surface area contributed by atoms with Gasteiger partial charge in [-0.25, -0.2) is 0 Å². The van der Waals surface area contributed by atoms with Crippen LogP contribution in [-0.2, 0) is 23.7 Å². The van der Waals surface area contributed by atoms with E-state index in [0.717, 1.165) is 44.9 Å². The topological polar surface area (TPSA) is 228 Å². The van der Waals surface area contributed by atoms with Crippen molar-refractivity contribution in [3.63, 3.8) is 0 Å². The van der Waals surface area contributed by atoms with Crippen LogP contribution in [0.25, 0.3) is 0 Å². The normalized spacial score (nSPS) is 31.7. The summed E-state index contributed by atoms with van der Waals surface area (Å²) in [6.07, 6.45) is 4.31. The zero-order valence-electron chi connectivity index (χ0n) is 29.9. The zero-order valence-corrected chi connectivity index (χ0v) is 29.9. The first-order valence-electron chi connectivity index (χ1n) is 18.6. The van der Waals surface area contributed by atoms with Crippen LogP contribution in [0, 0.1) is 0 Å². The van der Waals surface area contributed by atoms with Crippen molar-refractivity contribution in [1.29, 1.82) is 0 Å². The molecule has 0 aromatic heterocycles. The van der Waals surface area contributed by atoms with Crippen molar-refractivity contribution in [2.75, 3.05) is 19.8 Å². The Hall–Kier alpha value is -1.53. The van der Waals surface area contributed by atoms with Gasteiger partial charge < -0.3 is 65.1 Å². The summed E-state index contributed by atoms with van der Waals surface area (Å²) in [4.78, 5) is 12.9. The largest absolute Gasteiger partial charge is 0.394 e. The molecule has 0 aromatic rings. The Kier molecular flexibility index (Phi) is 22.7. The molecule has 0 bridgehead atoms. The highest BCUT2D eigenvalue weighted by Gasteiger charge is 2.50. The summed E-state index contributed by atoms with van der Waals surface area (Å²) in [6.45, 7) is 2.59. The van der Waals surface area contributed by atoms with E-state index in [2.05, 4.69) is 31.3 Å². The first kappa shape index (κ1) is 44.6. The molecule has 12 atom stereocenters. The van der Waals surface area contributed by atoms with Crippen molar-refractivity contribution in [3.8, 4) is 0 Å². The summed E-state index contributed by atoms with van der Waals surface area (Å²) in [6, 6.07) is -0.920. The number of amides is 1. The van der Waals surface area contributed by atoms with Crippen LogP contribution in [0.5, 0.6) is 0 Å². The van der Waals surface area contributed by atoms with Gasteiger partial charge in [-0.15, -0.1) is 0 Å². The van der Waals surface area contributed by atoms with Gasteiger partial charge in [-0.2, -0.15) is 0 Å². The van der Waals surface area contributed by atoms with Gasteiger partial charge in [-0.05, 0) is 32.1 Å². The smallest absolute Gasteiger partial charge is 0.220 e. The third-order valence-electron chi connectivity index (χ3n) is 9.14. The summed E-state index contributed by atoms with van der Waals surface area (Å²) in [7, 11) is 0. The minimum atomic E-state index is -1.78. The molecule has 2 heterocycles. The quantitative estimate of drug-likeness (QED) is 0.0476. The van der Waals surface area contributed by atoms with Gasteiger partial charge in [0, 0.05) is 6.42 Å². The molecule has 0 aromatic carbocycles. The summed E-state index contributed by atoms with van der Waals surface area (Å²) in [5, 5.41) is 85.7. The molecule has 14 nitrogen and oxygen atoms in total. The van der Waals surface area contributed by atoms with Crippen LogP contribution in [-0.4, -0.2) is 140 Å². The Morgan fingerprint density at radius 2 is 1.28 bits per heavy atom. The molecule has 0 saturated carbocycles. The second-order valence-electron chi connectivity index (χ2n) is 13.3. The lowest BCUT2D eigenvalue weighted by Crippen LogP contribution is -2.65. The van der Waals surface area contributed by atoms with E-state index in [1.165, 1.54) is 25.7 Å². The molecular formula is C36H65NO13. The molecule has 9 N–H and O–H groups in total. The number of unbranched alkanes of at least 4 members (excludes halogenated alkanes) is 10. The average molecular weight is 720 g/mol. The fourth-order valence-electron chi connectivity index (χ4n) is 5.95. The number of rotatable bonds is 25. The SMILES string of the molecule is CCCCC/C=C/CC/C=C/C(O)C(COC1OC(CO)C(OC2OC(CO)C(O)C(O)C2O)C(O)C1O)NC(=O)CCCCCCCCC. The van der Waals surface area contributed by atoms with Crippen LogP contribution >= 0.6 is 0 Å². The lowest BCUT2D eigenvalue weighted by molar-refractivity contribution is -0.359. The van der Waals surface area contributed by atoms with E-state index in [9.17, 15) is 45.6 Å². The fourth-order valence-corrected chi connectivity index (χ4v) is 5.95. The van der Waals surface area contributed by atoms with Gasteiger partial charge in [0.25, 0.3) is 0 Å². The predicted molar refractivity (Wildman–Crippen MR) is 185 cm³/mol. The van der Waals surface area contributed by atoms with Gasteiger partial charge in [0.1, 0.15) is 48.8 Å².